The first-order valence-electron chi connectivity index (χ1n) is 8.40. The summed E-state index contributed by atoms with van der Waals surface area (Å²) in [7, 11) is 0. The zero-order valence-electron chi connectivity index (χ0n) is 14.2. The van der Waals surface area contributed by atoms with Crippen LogP contribution in [0.25, 0.3) is 0 Å². The molecule has 5 heteroatoms. The molecule has 1 aliphatic heterocycles. The number of carbonyl (C=O) groups excluding carboxylic acids is 2. The number of rotatable bonds is 4. The highest BCUT2D eigenvalue weighted by molar-refractivity contribution is 5.97. The molecule has 3 rings (SSSR count). The number of benzene rings is 2. The van der Waals surface area contributed by atoms with Gasteiger partial charge >= 0.3 is 0 Å². The molecule has 2 aromatic carbocycles. The summed E-state index contributed by atoms with van der Waals surface area (Å²) >= 11 is 0. The summed E-state index contributed by atoms with van der Waals surface area (Å²) in [6.45, 7) is 4.77. The number of aryl methyl sites for hydroxylation is 1. The number of piperazine rings is 1. The topological polar surface area (TPSA) is 40.6 Å². The second kappa shape index (κ2) is 7.57. The molecule has 4 nitrogen and oxygen atoms in total. The Bertz CT molecular complexity index is 766. The summed E-state index contributed by atoms with van der Waals surface area (Å²) in [6.07, 6.45) is 0. The van der Waals surface area contributed by atoms with Crippen LogP contribution in [0.15, 0.2) is 48.5 Å². The highest BCUT2D eigenvalue weighted by Gasteiger charge is 2.23. The maximum absolute atomic E-state index is 12.9. The van der Waals surface area contributed by atoms with Gasteiger partial charge in [-0.05, 0) is 43.3 Å². The van der Waals surface area contributed by atoms with E-state index < -0.39 is 0 Å². The van der Waals surface area contributed by atoms with Gasteiger partial charge in [-0.15, -0.1) is 0 Å². The standard InChI is InChI=1S/C20H21FN2O2/c1-15-3-2-4-17(13-15)20(25)23-11-9-22(10-12-23)14-19(24)16-5-7-18(21)8-6-16/h2-8,13H,9-12,14H2,1H3. The van der Waals surface area contributed by atoms with Crippen molar-refractivity contribution in [2.75, 3.05) is 32.7 Å². The minimum absolute atomic E-state index is 0.0292. The minimum atomic E-state index is -0.347. The van der Waals surface area contributed by atoms with Crippen molar-refractivity contribution in [1.29, 1.82) is 0 Å². The van der Waals surface area contributed by atoms with Crippen LogP contribution < -0.4 is 0 Å². The Morgan fingerprint density at radius 3 is 2.28 bits per heavy atom. The lowest BCUT2D eigenvalue weighted by atomic mass is 10.1. The van der Waals surface area contributed by atoms with Gasteiger partial charge in [-0.2, -0.15) is 0 Å². The van der Waals surface area contributed by atoms with Crippen molar-refractivity contribution in [2.24, 2.45) is 0 Å². The molecule has 25 heavy (non-hydrogen) atoms. The van der Waals surface area contributed by atoms with Crippen molar-refractivity contribution in [2.45, 2.75) is 6.92 Å². The van der Waals surface area contributed by atoms with Crippen molar-refractivity contribution in [3.05, 3.63) is 71.0 Å². The quantitative estimate of drug-likeness (QED) is 0.804. The maximum Gasteiger partial charge on any atom is 0.253 e. The highest BCUT2D eigenvalue weighted by atomic mass is 19.1. The fraction of sp³-hybridized carbons (Fsp3) is 0.300. The Morgan fingerprint density at radius 2 is 1.64 bits per heavy atom. The van der Waals surface area contributed by atoms with Crippen LogP contribution in [-0.4, -0.2) is 54.2 Å². The third kappa shape index (κ3) is 4.31. The molecular formula is C20H21FN2O2. The summed E-state index contributed by atoms with van der Waals surface area (Å²) in [5, 5.41) is 0. The van der Waals surface area contributed by atoms with E-state index in [9.17, 15) is 14.0 Å². The number of halogens is 1. The smallest absolute Gasteiger partial charge is 0.253 e. The van der Waals surface area contributed by atoms with Gasteiger partial charge in [-0.3, -0.25) is 14.5 Å². The van der Waals surface area contributed by atoms with Gasteiger partial charge < -0.3 is 4.90 Å². The zero-order valence-corrected chi connectivity index (χ0v) is 14.2. The number of nitrogens with zero attached hydrogens (tertiary/aromatic N) is 2. The predicted octanol–water partition coefficient (Wildman–Crippen LogP) is 2.77. The molecular weight excluding hydrogens is 319 g/mol. The number of Topliss-reactive ketones (excluding diaryl/α,β-unsaturated/α-hetero) is 1. The van der Waals surface area contributed by atoms with Crippen LogP contribution in [0, 0.1) is 12.7 Å². The fourth-order valence-corrected chi connectivity index (χ4v) is 3.00. The van der Waals surface area contributed by atoms with E-state index in [-0.39, 0.29) is 24.1 Å². The molecule has 0 spiro atoms. The second-order valence-electron chi connectivity index (χ2n) is 6.37. The van der Waals surface area contributed by atoms with Crippen LogP contribution >= 0.6 is 0 Å². The normalized spacial score (nSPS) is 15.2. The predicted molar refractivity (Wildman–Crippen MR) is 94.3 cm³/mol. The van der Waals surface area contributed by atoms with E-state index in [2.05, 4.69) is 0 Å². The number of ketones is 1. The molecule has 0 radical (unpaired) electrons. The van der Waals surface area contributed by atoms with E-state index in [1.54, 1.807) is 0 Å². The Labute approximate surface area is 146 Å². The highest BCUT2D eigenvalue weighted by Crippen LogP contribution is 2.12. The molecule has 130 valence electrons. The Balaban J connectivity index is 1.54. The molecule has 1 fully saturated rings. The Morgan fingerprint density at radius 1 is 0.960 bits per heavy atom. The number of carbonyl (C=O) groups is 2. The van der Waals surface area contributed by atoms with Crippen LogP contribution in [0.5, 0.6) is 0 Å². The van der Waals surface area contributed by atoms with Crippen molar-refractivity contribution in [3.8, 4) is 0 Å². The summed E-state index contributed by atoms with van der Waals surface area (Å²) in [6, 6.07) is 13.2. The average molecular weight is 340 g/mol. The molecule has 1 aliphatic rings. The lowest BCUT2D eigenvalue weighted by molar-refractivity contribution is 0.0624. The molecule has 0 aliphatic carbocycles. The third-order valence-corrected chi connectivity index (χ3v) is 4.46. The van der Waals surface area contributed by atoms with Crippen LogP contribution in [0.1, 0.15) is 26.3 Å². The summed E-state index contributed by atoms with van der Waals surface area (Å²) in [5.41, 5.74) is 2.28. The lowest BCUT2D eigenvalue weighted by Crippen LogP contribution is -2.49. The van der Waals surface area contributed by atoms with Gasteiger partial charge in [0.05, 0.1) is 6.54 Å². The lowest BCUT2D eigenvalue weighted by Gasteiger charge is -2.34. The first kappa shape index (κ1) is 17.3. The third-order valence-electron chi connectivity index (χ3n) is 4.46. The summed E-state index contributed by atoms with van der Waals surface area (Å²) < 4.78 is 12.9. The summed E-state index contributed by atoms with van der Waals surface area (Å²) in [4.78, 5) is 28.7. The van der Waals surface area contributed by atoms with Crippen LogP contribution in [-0.2, 0) is 0 Å². The Kier molecular flexibility index (Phi) is 5.24. The molecule has 0 atom stereocenters. The van der Waals surface area contributed by atoms with Crippen molar-refractivity contribution in [1.82, 2.24) is 9.80 Å². The van der Waals surface area contributed by atoms with Crippen LogP contribution in [0.3, 0.4) is 0 Å². The largest absolute Gasteiger partial charge is 0.336 e. The SMILES string of the molecule is Cc1cccc(C(=O)N2CCN(CC(=O)c3ccc(F)cc3)CC2)c1. The number of hydrogen-bond acceptors (Lipinski definition) is 3. The van der Waals surface area contributed by atoms with Gasteiger partial charge in [0.2, 0.25) is 0 Å². The first-order chi connectivity index (χ1) is 12.0. The van der Waals surface area contributed by atoms with Gasteiger partial charge in [0.1, 0.15) is 5.82 Å². The monoisotopic (exact) mass is 340 g/mol. The van der Waals surface area contributed by atoms with E-state index in [0.29, 0.717) is 37.3 Å². The maximum atomic E-state index is 12.9. The Hall–Kier alpha value is -2.53. The van der Waals surface area contributed by atoms with Crippen LogP contribution in [0.2, 0.25) is 0 Å². The van der Waals surface area contributed by atoms with E-state index in [1.807, 2.05) is 41.0 Å². The minimum Gasteiger partial charge on any atom is -0.336 e. The van der Waals surface area contributed by atoms with Gasteiger partial charge in [0.15, 0.2) is 5.78 Å². The second-order valence-corrected chi connectivity index (χ2v) is 6.37. The molecule has 0 unspecified atom stereocenters. The molecule has 1 amide bonds. The average Bonchev–Trinajstić information content (AvgIpc) is 2.62. The van der Waals surface area contributed by atoms with Crippen LogP contribution in [0.4, 0.5) is 4.39 Å². The van der Waals surface area contributed by atoms with Gasteiger partial charge in [-0.1, -0.05) is 17.7 Å². The van der Waals surface area contributed by atoms with Gasteiger partial charge in [-0.25, -0.2) is 4.39 Å². The van der Waals surface area contributed by atoms with E-state index in [1.165, 1.54) is 24.3 Å². The number of hydrogen-bond donors (Lipinski definition) is 0. The summed E-state index contributed by atoms with van der Waals surface area (Å²) in [5.74, 6) is -0.341. The fourth-order valence-electron chi connectivity index (χ4n) is 3.00. The first-order valence-corrected chi connectivity index (χ1v) is 8.40. The van der Waals surface area contributed by atoms with E-state index >= 15 is 0 Å². The molecule has 0 saturated carbocycles. The molecule has 1 heterocycles. The molecule has 1 saturated heterocycles. The molecule has 0 aromatic heterocycles. The number of amides is 1. The van der Waals surface area contributed by atoms with E-state index in [0.717, 1.165) is 5.56 Å². The van der Waals surface area contributed by atoms with Crippen molar-refractivity contribution >= 4 is 11.7 Å². The van der Waals surface area contributed by atoms with Crippen molar-refractivity contribution < 1.29 is 14.0 Å². The molecule has 2 aromatic rings. The van der Waals surface area contributed by atoms with Gasteiger partial charge in [0.25, 0.3) is 5.91 Å². The van der Waals surface area contributed by atoms with E-state index in [4.69, 9.17) is 0 Å². The molecule has 0 bridgehead atoms. The zero-order chi connectivity index (χ0) is 17.8. The van der Waals surface area contributed by atoms with Gasteiger partial charge in [0, 0.05) is 37.3 Å². The molecule has 0 N–H and O–H groups in total. The van der Waals surface area contributed by atoms with Crippen molar-refractivity contribution in [3.63, 3.8) is 0 Å².